The molecule has 0 aliphatic heterocycles. The van der Waals surface area contributed by atoms with Gasteiger partial charge < -0.3 is 9.16 Å². The van der Waals surface area contributed by atoms with Crippen LogP contribution in [0.2, 0.25) is 18.1 Å². The minimum atomic E-state index is -1.96. The third-order valence-corrected chi connectivity index (χ3v) is 9.35. The van der Waals surface area contributed by atoms with Gasteiger partial charge in [-0.05, 0) is 54.5 Å². The zero-order valence-corrected chi connectivity index (χ0v) is 18.7. The summed E-state index contributed by atoms with van der Waals surface area (Å²) in [4.78, 5) is 0. The summed E-state index contributed by atoms with van der Waals surface area (Å²) in [6, 6.07) is 13.4. The predicted molar refractivity (Wildman–Crippen MR) is 115 cm³/mol. The number of ether oxygens (including phenoxy) is 1. The molecule has 0 aliphatic rings. The number of alkyl halides is 1. The first-order valence-electron chi connectivity index (χ1n) is 9.06. The maximum Gasteiger partial charge on any atom is 0.250 e. The zero-order valence-electron chi connectivity index (χ0n) is 16.9. The Morgan fingerprint density at radius 2 is 1.71 bits per heavy atom. The van der Waals surface area contributed by atoms with E-state index in [1.807, 2.05) is 6.07 Å². The number of nitrogens with zero attached hydrogens (tertiary/aromatic N) is 2. The van der Waals surface area contributed by atoms with E-state index in [2.05, 4.69) is 33.9 Å². The monoisotopic (exact) mass is 420 g/mol. The maximum absolute atomic E-state index is 15.0. The molecule has 0 bridgehead atoms. The van der Waals surface area contributed by atoms with Gasteiger partial charge in [0.1, 0.15) is 18.1 Å². The maximum atomic E-state index is 15.0. The summed E-state index contributed by atoms with van der Waals surface area (Å²) in [7, 11) is -1.96. The lowest BCUT2D eigenvalue weighted by molar-refractivity contribution is 0.342. The number of rotatable bonds is 7. The van der Waals surface area contributed by atoms with Gasteiger partial charge in [-0.1, -0.05) is 25.3 Å². The van der Waals surface area contributed by atoms with Crippen LogP contribution in [0.5, 0.6) is 11.5 Å². The summed E-state index contributed by atoms with van der Waals surface area (Å²) >= 11 is 5.63. The molecule has 0 radical (unpaired) electrons. The van der Waals surface area contributed by atoms with Crippen LogP contribution in [-0.2, 0) is 0 Å². The fraction of sp³-hybridized carbons (Fsp3) is 0.381. The Morgan fingerprint density at radius 3 is 2.25 bits per heavy atom. The second-order valence-electron chi connectivity index (χ2n) is 8.00. The van der Waals surface area contributed by atoms with Crippen LogP contribution in [-0.4, -0.2) is 20.8 Å². The van der Waals surface area contributed by atoms with Crippen molar-refractivity contribution in [2.75, 3.05) is 17.6 Å². The molecule has 7 heteroatoms. The Hall–Kier alpha value is -2.23. The van der Waals surface area contributed by atoms with E-state index in [9.17, 15) is 9.74 Å². The van der Waals surface area contributed by atoms with E-state index in [1.165, 1.54) is 12.1 Å². The lowest BCUT2D eigenvalue weighted by Crippen LogP contribution is -2.43. The zero-order chi connectivity index (χ0) is 20.9. The number of hydrogen-bond donors (Lipinski definition) is 0. The van der Waals surface area contributed by atoms with Crippen LogP contribution in [0.25, 0.3) is 0 Å². The van der Waals surface area contributed by atoms with Gasteiger partial charge in [0.05, 0.1) is 28.9 Å². The average molecular weight is 421 g/mol. The van der Waals surface area contributed by atoms with Crippen LogP contribution < -0.4 is 14.3 Å². The molecule has 0 aliphatic carbocycles. The highest BCUT2D eigenvalue weighted by atomic mass is 35.5. The molecule has 28 heavy (non-hydrogen) atoms. The average Bonchev–Trinajstić information content (AvgIpc) is 2.65. The minimum Gasteiger partial charge on any atom is -0.544 e. The largest absolute Gasteiger partial charge is 0.544 e. The highest BCUT2D eigenvalue weighted by Crippen LogP contribution is 2.38. The van der Waals surface area contributed by atoms with Gasteiger partial charge in [0, 0.05) is 6.07 Å². The summed E-state index contributed by atoms with van der Waals surface area (Å²) in [6.07, 6.45) is 0. The first kappa shape index (κ1) is 22.1. The van der Waals surface area contributed by atoms with E-state index in [0.717, 1.165) is 5.75 Å². The van der Waals surface area contributed by atoms with E-state index in [1.54, 1.807) is 30.3 Å². The molecule has 0 unspecified atom stereocenters. The quantitative estimate of drug-likeness (QED) is 0.288. The Labute approximate surface area is 172 Å². The summed E-state index contributed by atoms with van der Waals surface area (Å²) in [6.45, 7) is 11.1. The molecule has 0 saturated carbocycles. The van der Waals surface area contributed by atoms with E-state index >= 15 is 0 Å². The first-order chi connectivity index (χ1) is 13.1. The first-order valence-corrected chi connectivity index (χ1v) is 12.5. The molecule has 2 aromatic carbocycles. The molecular weight excluding hydrogens is 395 g/mol. The molecule has 4 nitrogen and oxygen atoms in total. The van der Waals surface area contributed by atoms with Crippen LogP contribution in [0.3, 0.4) is 0 Å². The van der Waals surface area contributed by atoms with Gasteiger partial charge in [-0.3, -0.25) is 0 Å². The highest BCUT2D eigenvalue weighted by molar-refractivity contribution is 6.74. The fourth-order valence-corrected chi connectivity index (χ4v) is 3.35. The van der Waals surface area contributed by atoms with Crippen molar-refractivity contribution in [1.82, 2.24) is 0 Å². The molecule has 0 fully saturated rings. The third kappa shape index (κ3) is 5.40. The highest BCUT2D eigenvalue weighted by Gasteiger charge is 2.38. The Bertz CT molecular complexity index is 845. The molecule has 0 aromatic heterocycles. The molecule has 0 saturated heterocycles. The van der Waals surface area contributed by atoms with Crippen LogP contribution in [0.15, 0.2) is 42.5 Å². The number of anilines is 2. The summed E-state index contributed by atoms with van der Waals surface area (Å²) in [5, 5.41) is 9.79. The Kier molecular flexibility index (Phi) is 6.97. The topological polar surface area (TPSA) is 45.5 Å². The van der Waals surface area contributed by atoms with Crippen LogP contribution in [0, 0.1) is 11.3 Å². The van der Waals surface area contributed by atoms with E-state index in [0.29, 0.717) is 28.0 Å². The van der Waals surface area contributed by atoms with Crippen molar-refractivity contribution in [3.8, 4) is 17.6 Å². The van der Waals surface area contributed by atoms with Gasteiger partial charge in [0.2, 0.25) is 8.32 Å². The fourth-order valence-electron chi connectivity index (χ4n) is 2.24. The lowest BCUT2D eigenvalue weighted by atomic mass is 10.2. The third-order valence-electron chi connectivity index (χ3n) is 4.84. The Balaban J connectivity index is 2.23. The van der Waals surface area contributed by atoms with Crippen molar-refractivity contribution in [3.05, 3.63) is 48.0 Å². The van der Waals surface area contributed by atoms with Crippen molar-refractivity contribution in [1.29, 1.82) is 5.26 Å². The van der Waals surface area contributed by atoms with Gasteiger partial charge in [0.25, 0.3) is 0 Å². The van der Waals surface area contributed by atoms with Crippen LogP contribution in [0.4, 0.5) is 15.9 Å². The number of hydrogen-bond acceptors (Lipinski definition) is 4. The SMILES string of the molecule is CC(C)(C)[Si](C)(C)Oc1ccc(N(F)c2cc(C#N)cc(OCCCl)c2)cc1. The van der Waals surface area contributed by atoms with Crippen molar-refractivity contribution < 1.29 is 13.6 Å². The summed E-state index contributed by atoms with van der Waals surface area (Å²) in [5.41, 5.74) is 0.852. The van der Waals surface area contributed by atoms with Crippen molar-refractivity contribution in [2.24, 2.45) is 0 Å². The molecule has 0 spiro atoms. The molecular formula is C21H26ClFN2O2Si. The van der Waals surface area contributed by atoms with Crippen molar-refractivity contribution >= 4 is 31.3 Å². The Morgan fingerprint density at radius 1 is 1.07 bits per heavy atom. The van der Waals surface area contributed by atoms with Crippen molar-refractivity contribution in [3.63, 3.8) is 0 Å². The molecule has 0 N–H and O–H groups in total. The molecule has 150 valence electrons. The van der Waals surface area contributed by atoms with Crippen molar-refractivity contribution in [2.45, 2.75) is 38.9 Å². The van der Waals surface area contributed by atoms with Gasteiger partial charge >= 0.3 is 0 Å². The van der Waals surface area contributed by atoms with Gasteiger partial charge in [-0.15, -0.1) is 11.6 Å². The van der Waals surface area contributed by atoms with E-state index < -0.39 is 8.32 Å². The minimum absolute atomic E-state index is 0.0783. The molecule has 0 atom stereocenters. The lowest BCUT2D eigenvalue weighted by Gasteiger charge is -2.36. The predicted octanol–water partition coefficient (Wildman–Crippen LogP) is 6.58. The summed E-state index contributed by atoms with van der Waals surface area (Å²) in [5.74, 6) is 1.43. The molecule has 2 aromatic rings. The number of nitriles is 1. The molecule has 0 amide bonds. The number of benzene rings is 2. The number of halogens is 2. The molecule has 2 rings (SSSR count). The standard InChI is InChI=1S/C21H26ClFN2O2Si/c1-21(2,3)28(4,5)27-19-8-6-17(7-9-19)25(23)18-12-16(15-24)13-20(14-18)26-11-10-22/h6-9,12-14H,10-11H2,1-5H3. The van der Waals surface area contributed by atoms with E-state index in [4.69, 9.17) is 20.8 Å². The van der Waals surface area contributed by atoms with Gasteiger partial charge in [-0.2, -0.15) is 10.4 Å². The smallest absolute Gasteiger partial charge is 0.250 e. The second kappa shape index (κ2) is 8.85. The van der Waals surface area contributed by atoms with Gasteiger partial charge in [0.15, 0.2) is 0 Å². The molecule has 0 heterocycles. The normalized spacial score (nSPS) is 11.6. The summed E-state index contributed by atoms with van der Waals surface area (Å²) < 4.78 is 26.6. The van der Waals surface area contributed by atoms with Gasteiger partial charge in [-0.25, -0.2) is 0 Å². The van der Waals surface area contributed by atoms with Crippen LogP contribution >= 0.6 is 11.6 Å². The van der Waals surface area contributed by atoms with E-state index in [-0.39, 0.29) is 17.3 Å². The van der Waals surface area contributed by atoms with Crippen LogP contribution in [0.1, 0.15) is 26.3 Å². The second-order valence-corrected chi connectivity index (χ2v) is 13.1.